The van der Waals surface area contributed by atoms with Gasteiger partial charge in [0.15, 0.2) is 10.8 Å². The lowest BCUT2D eigenvalue weighted by atomic mass is 9.84. The Labute approximate surface area is 201 Å². The minimum Gasteiger partial charge on any atom is -0.454 e. The molecular formula is C23H15F4N5O2S. The monoisotopic (exact) mass is 501 g/mol. The summed E-state index contributed by atoms with van der Waals surface area (Å²) >= 11 is 4.00. The molecule has 2 aromatic carbocycles. The van der Waals surface area contributed by atoms with Crippen LogP contribution >= 0.6 is 12.6 Å². The first-order valence-corrected chi connectivity index (χ1v) is 10.4. The molecule has 1 N–H and O–H groups in total. The van der Waals surface area contributed by atoms with Crippen molar-refractivity contribution in [1.29, 1.82) is 5.26 Å². The summed E-state index contributed by atoms with van der Waals surface area (Å²) < 4.78 is 66.2. The van der Waals surface area contributed by atoms with Gasteiger partial charge < -0.3 is 9.84 Å². The number of nitrogens with zero attached hydrogens (tertiary/aromatic N) is 5. The second kappa shape index (κ2) is 9.36. The second-order valence-electron chi connectivity index (χ2n) is 7.37. The fourth-order valence-electron chi connectivity index (χ4n) is 3.38. The highest BCUT2D eigenvalue weighted by atomic mass is 32.1. The third-order valence-corrected chi connectivity index (χ3v) is 5.51. The molecule has 4 rings (SSSR count). The summed E-state index contributed by atoms with van der Waals surface area (Å²) in [4.78, 5) is 7.42. The number of benzene rings is 2. The molecule has 178 valence electrons. The fourth-order valence-corrected chi connectivity index (χ4v) is 3.55. The molecule has 7 nitrogen and oxygen atoms in total. The maximum Gasteiger partial charge on any atom is 0.323 e. The van der Waals surface area contributed by atoms with Crippen molar-refractivity contribution in [3.8, 4) is 17.6 Å². The molecule has 1 atom stereocenters. The number of hydrogen-bond donors (Lipinski definition) is 2. The van der Waals surface area contributed by atoms with Crippen LogP contribution in [0, 0.1) is 23.0 Å². The number of thiol groups is 1. The summed E-state index contributed by atoms with van der Waals surface area (Å²) in [5, 5.41) is 24.0. The van der Waals surface area contributed by atoms with Crippen LogP contribution in [0.4, 0.5) is 17.6 Å². The molecule has 0 bridgehead atoms. The highest BCUT2D eigenvalue weighted by molar-refractivity contribution is 7.80. The normalized spacial score (nSPS) is 13.2. The molecule has 1 unspecified atom stereocenters. The summed E-state index contributed by atoms with van der Waals surface area (Å²) in [7, 11) is 0. The Kier molecular flexibility index (Phi) is 6.47. The SMILES string of the molecule is N#Cc1ccccc1Oc1ccc(C(F)(F)C(O)(Cn2ncnc2S)c2ccc(F)cc2F)nc1. The van der Waals surface area contributed by atoms with Gasteiger partial charge in [0.05, 0.1) is 18.3 Å². The Balaban J connectivity index is 1.74. The Bertz CT molecular complexity index is 1410. The van der Waals surface area contributed by atoms with Crippen molar-refractivity contribution in [2.45, 2.75) is 23.2 Å². The lowest BCUT2D eigenvalue weighted by molar-refractivity contribution is -0.208. The first kappa shape index (κ1) is 24.2. The van der Waals surface area contributed by atoms with Crippen molar-refractivity contribution in [3.63, 3.8) is 0 Å². The first-order valence-electron chi connectivity index (χ1n) is 9.91. The third-order valence-electron chi connectivity index (χ3n) is 5.16. The van der Waals surface area contributed by atoms with Gasteiger partial charge in [-0.05, 0) is 36.4 Å². The molecule has 0 aliphatic carbocycles. The van der Waals surface area contributed by atoms with Crippen LogP contribution in [0.15, 0.2) is 72.3 Å². The van der Waals surface area contributed by atoms with Crippen molar-refractivity contribution >= 4 is 12.6 Å². The summed E-state index contributed by atoms with van der Waals surface area (Å²) in [5.41, 5.74) is -4.85. The van der Waals surface area contributed by atoms with E-state index in [1.54, 1.807) is 12.1 Å². The zero-order chi connectivity index (χ0) is 25.2. The highest BCUT2D eigenvalue weighted by Gasteiger charge is 2.58. The quantitative estimate of drug-likeness (QED) is 0.284. The van der Waals surface area contributed by atoms with E-state index in [-0.39, 0.29) is 22.2 Å². The van der Waals surface area contributed by atoms with Gasteiger partial charge in [-0.3, -0.25) is 4.98 Å². The van der Waals surface area contributed by atoms with Gasteiger partial charge in [0, 0.05) is 11.6 Å². The minimum absolute atomic E-state index is 0.0395. The molecule has 2 heterocycles. The summed E-state index contributed by atoms with van der Waals surface area (Å²) in [6.45, 7) is -0.975. The molecule has 0 saturated carbocycles. The van der Waals surface area contributed by atoms with Gasteiger partial charge in [0.1, 0.15) is 41.2 Å². The molecule has 0 amide bonds. The van der Waals surface area contributed by atoms with E-state index < -0.39 is 41.0 Å². The van der Waals surface area contributed by atoms with Crippen LogP contribution in [0.3, 0.4) is 0 Å². The van der Waals surface area contributed by atoms with E-state index in [1.165, 1.54) is 12.1 Å². The topological polar surface area (TPSA) is 96.8 Å². The summed E-state index contributed by atoms with van der Waals surface area (Å²) in [6, 6.07) is 12.1. The van der Waals surface area contributed by atoms with Crippen LogP contribution < -0.4 is 4.74 Å². The number of pyridine rings is 1. The molecule has 12 heteroatoms. The van der Waals surface area contributed by atoms with E-state index in [0.717, 1.165) is 41.5 Å². The average Bonchev–Trinajstić information content (AvgIpc) is 3.23. The maximum absolute atomic E-state index is 15.8. The van der Waals surface area contributed by atoms with Crippen LogP contribution in [-0.4, -0.2) is 24.9 Å². The van der Waals surface area contributed by atoms with Gasteiger partial charge in [0.2, 0.25) is 0 Å². The number of aromatic nitrogens is 4. The Morgan fingerprint density at radius 1 is 1.09 bits per heavy atom. The van der Waals surface area contributed by atoms with Gasteiger partial charge >= 0.3 is 5.92 Å². The average molecular weight is 501 g/mol. The molecule has 2 aromatic heterocycles. The van der Waals surface area contributed by atoms with Crippen LogP contribution in [0.1, 0.15) is 16.8 Å². The van der Waals surface area contributed by atoms with E-state index in [2.05, 4.69) is 27.7 Å². The van der Waals surface area contributed by atoms with E-state index in [9.17, 15) is 13.9 Å². The highest BCUT2D eigenvalue weighted by Crippen LogP contribution is 2.47. The van der Waals surface area contributed by atoms with Crippen LogP contribution in [0.2, 0.25) is 0 Å². The van der Waals surface area contributed by atoms with Gasteiger partial charge in [-0.2, -0.15) is 19.1 Å². The molecule has 0 radical (unpaired) electrons. The fraction of sp³-hybridized carbons (Fsp3) is 0.130. The van der Waals surface area contributed by atoms with Crippen molar-refractivity contribution in [2.75, 3.05) is 0 Å². The largest absolute Gasteiger partial charge is 0.454 e. The van der Waals surface area contributed by atoms with E-state index in [4.69, 9.17) is 10.00 Å². The molecule has 35 heavy (non-hydrogen) atoms. The van der Waals surface area contributed by atoms with Crippen molar-refractivity contribution < 1.29 is 27.4 Å². The third kappa shape index (κ3) is 4.55. The van der Waals surface area contributed by atoms with E-state index in [0.29, 0.717) is 6.07 Å². The summed E-state index contributed by atoms with van der Waals surface area (Å²) in [5.74, 6) is -6.38. The van der Waals surface area contributed by atoms with E-state index in [1.807, 2.05) is 6.07 Å². The lowest BCUT2D eigenvalue weighted by Gasteiger charge is -2.36. The molecule has 0 saturated heterocycles. The van der Waals surface area contributed by atoms with Crippen LogP contribution in [-0.2, 0) is 18.1 Å². The Hall–Kier alpha value is -3.95. The van der Waals surface area contributed by atoms with Gasteiger partial charge in [-0.1, -0.05) is 12.1 Å². The minimum atomic E-state index is -4.21. The Morgan fingerprint density at radius 2 is 1.86 bits per heavy atom. The van der Waals surface area contributed by atoms with Crippen LogP contribution in [0.5, 0.6) is 11.5 Å². The number of hydrogen-bond acceptors (Lipinski definition) is 7. The standard InChI is InChI=1S/C23H15F4N5O2S/c24-15-5-7-17(18(25)9-15)22(33,12-32-21(35)30-13-31-32)23(26,27)20-8-6-16(11-29-20)34-19-4-2-1-3-14(19)10-28/h1-9,11,13,33H,12H2,(H,30,31,35). The number of rotatable bonds is 7. The number of para-hydroxylation sites is 1. The van der Waals surface area contributed by atoms with Crippen molar-refractivity contribution in [2.24, 2.45) is 0 Å². The predicted molar refractivity (Wildman–Crippen MR) is 117 cm³/mol. The molecule has 0 spiro atoms. The molecule has 0 aliphatic rings. The number of aliphatic hydroxyl groups is 1. The number of alkyl halides is 2. The zero-order valence-electron chi connectivity index (χ0n) is 17.6. The first-order chi connectivity index (χ1) is 16.7. The zero-order valence-corrected chi connectivity index (χ0v) is 18.5. The number of ether oxygens (including phenoxy) is 1. The Morgan fingerprint density at radius 3 is 2.49 bits per heavy atom. The molecular weight excluding hydrogens is 486 g/mol. The van der Waals surface area contributed by atoms with Gasteiger partial charge in [0.25, 0.3) is 0 Å². The molecule has 0 fully saturated rings. The number of nitriles is 1. The molecule has 0 aliphatic heterocycles. The maximum atomic E-state index is 15.8. The second-order valence-corrected chi connectivity index (χ2v) is 7.77. The smallest absolute Gasteiger partial charge is 0.323 e. The van der Waals surface area contributed by atoms with Crippen molar-refractivity contribution in [3.05, 3.63) is 95.6 Å². The van der Waals surface area contributed by atoms with E-state index >= 15 is 8.78 Å². The van der Waals surface area contributed by atoms with Crippen molar-refractivity contribution in [1.82, 2.24) is 19.7 Å². The number of halogens is 4. The van der Waals surface area contributed by atoms with Gasteiger partial charge in [-0.25, -0.2) is 18.4 Å². The lowest BCUT2D eigenvalue weighted by Crippen LogP contribution is -2.48. The predicted octanol–water partition coefficient (Wildman–Crippen LogP) is 4.58. The van der Waals surface area contributed by atoms with Crippen LogP contribution in [0.25, 0.3) is 0 Å². The molecule has 4 aromatic rings. The summed E-state index contributed by atoms with van der Waals surface area (Å²) in [6.07, 6.45) is 1.99. The van der Waals surface area contributed by atoms with Gasteiger partial charge in [-0.15, -0.1) is 12.6 Å².